The van der Waals surface area contributed by atoms with E-state index in [1.807, 2.05) is 6.92 Å². The molecule has 0 fully saturated rings. The minimum absolute atomic E-state index is 0.0374. The molecule has 2 aromatic rings. The molecule has 1 aliphatic rings. The van der Waals surface area contributed by atoms with E-state index < -0.39 is 0 Å². The Bertz CT molecular complexity index is 643. The third-order valence-corrected chi connectivity index (χ3v) is 3.54. The third kappa shape index (κ3) is 2.92. The van der Waals surface area contributed by atoms with E-state index >= 15 is 0 Å². The molecule has 2 aromatic carbocycles. The average Bonchev–Trinajstić information content (AvgIpc) is 2.92. The zero-order valence-electron chi connectivity index (χ0n) is 11.6. The van der Waals surface area contributed by atoms with E-state index in [1.165, 1.54) is 12.1 Å². The Morgan fingerprint density at radius 1 is 1.19 bits per heavy atom. The van der Waals surface area contributed by atoms with E-state index in [0.717, 1.165) is 11.1 Å². The Morgan fingerprint density at radius 2 is 1.86 bits per heavy atom. The first-order valence-electron chi connectivity index (χ1n) is 6.74. The van der Waals surface area contributed by atoms with Crippen LogP contribution in [-0.4, -0.2) is 11.9 Å². The Balaban J connectivity index is 1.68. The summed E-state index contributed by atoms with van der Waals surface area (Å²) in [4.78, 5) is 0. The van der Waals surface area contributed by atoms with Crippen LogP contribution in [-0.2, 0) is 6.54 Å². The van der Waals surface area contributed by atoms with Crippen LogP contribution < -0.4 is 14.8 Å². The molecule has 0 saturated heterocycles. The molecule has 0 spiro atoms. The zero-order chi connectivity index (χ0) is 14.8. The number of hydrogen-bond donors (Lipinski definition) is 2. The topological polar surface area (TPSA) is 50.7 Å². The lowest BCUT2D eigenvalue weighted by Gasteiger charge is -2.15. The van der Waals surface area contributed by atoms with Gasteiger partial charge in [0.25, 0.3) is 0 Å². The molecule has 0 saturated carbocycles. The van der Waals surface area contributed by atoms with Crippen molar-refractivity contribution in [3.8, 4) is 17.2 Å². The maximum absolute atomic E-state index is 12.9. The summed E-state index contributed by atoms with van der Waals surface area (Å²) in [5.41, 5.74) is 1.71. The SMILES string of the molecule is CC(NCc1cc2c(cc1O)OCO2)c1ccc(F)cc1. The van der Waals surface area contributed by atoms with Crippen LogP contribution in [0.5, 0.6) is 17.2 Å². The summed E-state index contributed by atoms with van der Waals surface area (Å²) >= 11 is 0. The van der Waals surface area contributed by atoms with E-state index in [0.29, 0.717) is 18.0 Å². The van der Waals surface area contributed by atoms with Crippen molar-refractivity contribution >= 4 is 0 Å². The molecular weight excluding hydrogens is 273 g/mol. The van der Waals surface area contributed by atoms with Gasteiger partial charge in [-0.25, -0.2) is 4.39 Å². The van der Waals surface area contributed by atoms with Crippen molar-refractivity contribution in [3.63, 3.8) is 0 Å². The monoisotopic (exact) mass is 289 g/mol. The van der Waals surface area contributed by atoms with Crippen molar-refractivity contribution in [2.24, 2.45) is 0 Å². The van der Waals surface area contributed by atoms with Gasteiger partial charge in [-0.15, -0.1) is 0 Å². The molecule has 1 atom stereocenters. The number of nitrogens with one attached hydrogen (secondary N) is 1. The van der Waals surface area contributed by atoms with Gasteiger partial charge >= 0.3 is 0 Å². The maximum atomic E-state index is 12.9. The van der Waals surface area contributed by atoms with Crippen molar-refractivity contribution in [2.75, 3.05) is 6.79 Å². The fourth-order valence-electron chi connectivity index (χ4n) is 2.25. The molecule has 5 heteroatoms. The van der Waals surface area contributed by atoms with Crippen LogP contribution in [0.1, 0.15) is 24.1 Å². The third-order valence-electron chi connectivity index (χ3n) is 3.54. The first kappa shape index (κ1) is 13.7. The minimum atomic E-state index is -0.251. The summed E-state index contributed by atoms with van der Waals surface area (Å²) in [5, 5.41) is 13.3. The Kier molecular flexibility index (Phi) is 3.66. The molecule has 2 N–H and O–H groups in total. The van der Waals surface area contributed by atoms with Crippen LogP contribution in [0.4, 0.5) is 4.39 Å². The molecule has 110 valence electrons. The van der Waals surface area contributed by atoms with Crippen molar-refractivity contribution in [1.82, 2.24) is 5.32 Å². The lowest BCUT2D eigenvalue weighted by Crippen LogP contribution is -2.18. The number of benzene rings is 2. The second-order valence-electron chi connectivity index (χ2n) is 4.99. The van der Waals surface area contributed by atoms with Gasteiger partial charge in [-0.2, -0.15) is 0 Å². The standard InChI is InChI=1S/C16H16FNO3/c1-10(11-2-4-13(17)5-3-11)18-8-12-6-15-16(7-14(12)19)21-9-20-15/h2-7,10,18-19H,8-9H2,1H3. The van der Waals surface area contributed by atoms with Gasteiger partial charge in [0, 0.05) is 24.2 Å². The molecule has 1 unspecified atom stereocenters. The number of hydrogen-bond acceptors (Lipinski definition) is 4. The van der Waals surface area contributed by atoms with Gasteiger partial charge in [0.1, 0.15) is 11.6 Å². The van der Waals surface area contributed by atoms with E-state index in [1.54, 1.807) is 24.3 Å². The fraction of sp³-hybridized carbons (Fsp3) is 0.250. The highest BCUT2D eigenvalue weighted by atomic mass is 19.1. The summed E-state index contributed by atoms with van der Waals surface area (Å²) in [5.74, 6) is 1.11. The quantitative estimate of drug-likeness (QED) is 0.908. The van der Waals surface area contributed by atoms with Crippen molar-refractivity contribution in [3.05, 3.63) is 53.3 Å². The molecule has 4 nitrogen and oxygen atoms in total. The van der Waals surface area contributed by atoms with Crippen LogP contribution in [0.3, 0.4) is 0 Å². The first-order valence-corrected chi connectivity index (χ1v) is 6.74. The van der Waals surface area contributed by atoms with Crippen molar-refractivity contribution in [2.45, 2.75) is 19.5 Å². The van der Waals surface area contributed by atoms with Crippen LogP contribution >= 0.6 is 0 Å². The number of halogens is 1. The average molecular weight is 289 g/mol. The molecule has 0 aliphatic carbocycles. The number of fused-ring (bicyclic) bond motifs is 1. The number of phenolic OH excluding ortho intramolecular Hbond substituents is 1. The molecule has 0 amide bonds. The fourth-order valence-corrected chi connectivity index (χ4v) is 2.25. The highest BCUT2D eigenvalue weighted by Gasteiger charge is 2.17. The number of aromatic hydroxyl groups is 1. The van der Waals surface area contributed by atoms with E-state index in [9.17, 15) is 9.50 Å². The smallest absolute Gasteiger partial charge is 0.231 e. The van der Waals surface area contributed by atoms with Crippen molar-refractivity contribution in [1.29, 1.82) is 0 Å². The maximum Gasteiger partial charge on any atom is 0.231 e. The Hall–Kier alpha value is -2.27. The van der Waals surface area contributed by atoms with Gasteiger partial charge in [0.15, 0.2) is 11.5 Å². The summed E-state index contributed by atoms with van der Waals surface area (Å²) < 4.78 is 23.4. The van der Waals surface area contributed by atoms with Gasteiger partial charge < -0.3 is 19.9 Å². The second kappa shape index (κ2) is 5.61. The normalized spacial score (nSPS) is 14.2. The molecule has 0 radical (unpaired) electrons. The molecule has 1 aliphatic heterocycles. The van der Waals surface area contributed by atoms with Gasteiger partial charge in [-0.1, -0.05) is 12.1 Å². The second-order valence-corrected chi connectivity index (χ2v) is 4.99. The predicted octanol–water partition coefficient (Wildman–Crippen LogP) is 3.11. The number of ether oxygens (including phenoxy) is 2. The first-order chi connectivity index (χ1) is 10.1. The Morgan fingerprint density at radius 3 is 2.57 bits per heavy atom. The summed E-state index contributed by atoms with van der Waals surface area (Å²) in [7, 11) is 0. The minimum Gasteiger partial charge on any atom is -0.507 e. The van der Waals surface area contributed by atoms with Crippen LogP contribution in [0, 0.1) is 5.82 Å². The highest BCUT2D eigenvalue weighted by Crippen LogP contribution is 2.37. The van der Waals surface area contributed by atoms with Gasteiger partial charge in [-0.05, 0) is 30.7 Å². The van der Waals surface area contributed by atoms with Gasteiger partial charge in [0.2, 0.25) is 6.79 Å². The highest BCUT2D eigenvalue weighted by molar-refractivity contribution is 5.51. The van der Waals surface area contributed by atoms with Gasteiger partial charge in [-0.3, -0.25) is 0 Å². The number of rotatable bonds is 4. The van der Waals surface area contributed by atoms with Crippen molar-refractivity contribution < 1.29 is 19.0 Å². The lowest BCUT2D eigenvalue weighted by atomic mass is 10.1. The molecule has 0 aromatic heterocycles. The van der Waals surface area contributed by atoms with Crippen LogP contribution in [0.15, 0.2) is 36.4 Å². The molecular formula is C16H16FNO3. The summed E-state index contributed by atoms with van der Waals surface area (Å²) in [6.07, 6.45) is 0. The van der Waals surface area contributed by atoms with E-state index in [2.05, 4.69) is 5.32 Å². The van der Waals surface area contributed by atoms with Crippen LogP contribution in [0.25, 0.3) is 0 Å². The zero-order valence-corrected chi connectivity index (χ0v) is 11.6. The largest absolute Gasteiger partial charge is 0.507 e. The van der Waals surface area contributed by atoms with Crippen LogP contribution in [0.2, 0.25) is 0 Å². The lowest BCUT2D eigenvalue weighted by molar-refractivity contribution is 0.174. The predicted molar refractivity (Wildman–Crippen MR) is 75.9 cm³/mol. The summed E-state index contributed by atoms with van der Waals surface area (Å²) in [6, 6.07) is 9.72. The molecule has 1 heterocycles. The molecule has 21 heavy (non-hydrogen) atoms. The summed E-state index contributed by atoms with van der Waals surface area (Å²) in [6.45, 7) is 2.63. The van der Waals surface area contributed by atoms with Gasteiger partial charge in [0.05, 0.1) is 0 Å². The molecule has 3 rings (SSSR count). The Labute approximate surface area is 122 Å². The van der Waals surface area contributed by atoms with E-state index in [-0.39, 0.29) is 24.4 Å². The van der Waals surface area contributed by atoms with E-state index in [4.69, 9.17) is 9.47 Å². The molecule has 0 bridgehead atoms. The number of phenols is 1.